The number of phenols is 1. The molecule has 0 saturated carbocycles. The first kappa shape index (κ1) is 31.1. The van der Waals surface area contributed by atoms with E-state index >= 15 is 0 Å². The molecule has 2 aliphatic heterocycles. The van der Waals surface area contributed by atoms with Crippen LogP contribution in [0.5, 0.6) is 11.5 Å². The minimum atomic E-state index is -0.920. The fraction of sp³-hybridized carbons (Fsp3) is 0.242. The number of carbonyl (C=O) groups is 4. The Balaban J connectivity index is 1.41. The molecule has 1 aromatic heterocycles. The molecule has 3 aromatic carbocycles. The van der Waals surface area contributed by atoms with Crippen molar-refractivity contribution in [2.24, 2.45) is 5.92 Å². The van der Waals surface area contributed by atoms with Crippen molar-refractivity contribution in [1.29, 1.82) is 0 Å². The van der Waals surface area contributed by atoms with Crippen molar-refractivity contribution in [1.82, 2.24) is 4.57 Å². The maximum atomic E-state index is 14.2. The van der Waals surface area contributed by atoms with Crippen LogP contribution in [0.25, 0.3) is 0 Å². The molecule has 0 unspecified atom stereocenters. The Morgan fingerprint density at radius 3 is 2.37 bits per heavy atom. The molecule has 4 aromatic rings. The number of nitrogens with zero attached hydrogens (tertiary/aromatic N) is 2. The molecule has 0 radical (unpaired) electrons. The van der Waals surface area contributed by atoms with Gasteiger partial charge in [0.25, 0.3) is 0 Å². The van der Waals surface area contributed by atoms with E-state index in [0.29, 0.717) is 26.8 Å². The quantitative estimate of drug-likeness (QED) is 0.194. The highest BCUT2D eigenvalue weighted by Gasteiger charge is 2.57. The number of benzene rings is 3. The van der Waals surface area contributed by atoms with Crippen molar-refractivity contribution in [3.63, 3.8) is 0 Å². The SMILES string of the molecule is CCOC(=O)c1ccc(N2C(=O)[C@@H]3[C@H](c4ccc(O)c(OCC)c4)c4sc(=O)n(CC(=O)Nc5ccccc5)c4S[C@@H]3C2=O)cc1. The van der Waals surface area contributed by atoms with Crippen LogP contribution in [0.1, 0.15) is 40.6 Å². The lowest BCUT2D eigenvalue weighted by atomic mass is 9.83. The molecule has 13 heteroatoms. The standard InChI is InChI=1S/C33H29N3O8S2/c1-3-43-23-16-19(12-15-22(23)37)25-26-27(30(40)36(29(26)39)21-13-10-18(11-14-21)32(41)44-4-2)45-31-28(25)46-33(42)35(31)17-24(38)34-20-8-6-5-7-9-20/h5-16,25-27,37H,3-4,17H2,1-2H3,(H,34,38)/t25-,26+,27-/m0/s1. The number of nitrogens with one attached hydrogen (secondary N) is 1. The molecule has 236 valence electrons. The van der Waals surface area contributed by atoms with Gasteiger partial charge < -0.3 is 19.9 Å². The zero-order valence-corrected chi connectivity index (χ0v) is 26.4. The lowest BCUT2D eigenvalue weighted by Crippen LogP contribution is -2.33. The number of thioether (sulfide) groups is 1. The average Bonchev–Trinajstić information content (AvgIpc) is 3.49. The molecular formula is C33H29N3O8S2. The van der Waals surface area contributed by atoms with Gasteiger partial charge in [-0.3, -0.25) is 23.7 Å². The minimum Gasteiger partial charge on any atom is -0.504 e. The molecule has 3 heterocycles. The van der Waals surface area contributed by atoms with E-state index in [1.165, 1.54) is 34.9 Å². The first-order chi connectivity index (χ1) is 22.2. The Bertz CT molecular complexity index is 1890. The third kappa shape index (κ3) is 5.67. The van der Waals surface area contributed by atoms with Gasteiger partial charge in [0, 0.05) is 16.5 Å². The summed E-state index contributed by atoms with van der Waals surface area (Å²) in [6, 6.07) is 19.6. The average molecular weight is 660 g/mol. The van der Waals surface area contributed by atoms with Gasteiger partial charge in [-0.25, -0.2) is 9.69 Å². The summed E-state index contributed by atoms with van der Waals surface area (Å²) in [5.74, 6) is -3.44. The molecule has 0 spiro atoms. The molecule has 1 saturated heterocycles. The summed E-state index contributed by atoms with van der Waals surface area (Å²) in [6.45, 7) is 3.66. The van der Waals surface area contributed by atoms with E-state index in [4.69, 9.17) is 9.47 Å². The van der Waals surface area contributed by atoms with Gasteiger partial charge in [-0.2, -0.15) is 0 Å². The Hall–Kier alpha value is -4.88. The Morgan fingerprint density at radius 2 is 1.67 bits per heavy atom. The van der Waals surface area contributed by atoms with Crippen LogP contribution in [-0.2, 0) is 25.7 Å². The van der Waals surface area contributed by atoms with Crippen molar-refractivity contribution in [2.45, 2.75) is 36.6 Å². The molecule has 2 N–H and O–H groups in total. The van der Waals surface area contributed by atoms with Crippen molar-refractivity contribution in [3.05, 3.63) is 98.5 Å². The van der Waals surface area contributed by atoms with Gasteiger partial charge in [0.1, 0.15) is 11.8 Å². The molecule has 3 atom stereocenters. The molecule has 2 aliphatic rings. The predicted molar refractivity (Wildman–Crippen MR) is 173 cm³/mol. The van der Waals surface area contributed by atoms with Gasteiger partial charge in [0.15, 0.2) is 11.5 Å². The smallest absolute Gasteiger partial charge is 0.338 e. The van der Waals surface area contributed by atoms with E-state index in [9.17, 15) is 29.1 Å². The highest BCUT2D eigenvalue weighted by molar-refractivity contribution is 8.00. The van der Waals surface area contributed by atoms with Crippen LogP contribution in [0, 0.1) is 5.92 Å². The number of anilines is 2. The summed E-state index contributed by atoms with van der Waals surface area (Å²) in [6.07, 6.45) is 0. The number of aromatic hydroxyl groups is 1. The summed E-state index contributed by atoms with van der Waals surface area (Å²) in [5.41, 5.74) is 1.71. The van der Waals surface area contributed by atoms with Crippen LogP contribution in [0.4, 0.5) is 11.4 Å². The fourth-order valence-electron chi connectivity index (χ4n) is 5.69. The molecule has 6 rings (SSSR count). The third-order valence-electron chi connectivity index (χ3n) is 7.69. The number of fused-ring (bicyclic) bond motifs is 2. The molecule has 11 nitrogen and oxygen atoms in total. The van der Waals surface area contributed by atoms with Gasteiger partial charge in [0.05, 0.1) is 35.4 Å². The van der Waals surface area contributed by atoms with Crippen molar-refractivity contribution < 1.29 is 33.8 Å². The number of rotatable bonds is 9. The topological polar surface area (TPSA) is 144 Å². The Kier molecular flexibility index (Phi) is 8.69. The molecule has 46 heavy (non-hydrogen) atoms. The third-order valence-corrected chi connectivity index (χ3v) is 10.3. The minimum absolute atomic E-state index is 0.0898. The normalized spacial score (nSPS) is 18.6. The largest absolute Gasteiger partial charge is 0.504 e. The molecular weight excluding hydrogens is 631 g/mol. The first-order valence-electron chi connectivity index (χ1n) is 14.6. The highest BCUT2D eigenvalue weighted by atomic mass is 32.2. The second kappa shape index (κ2) is 12.9. The van der Waals surface area contributed by atoms with Gasteiger partial charge >= 0.3 is 10.8 Å². The molecule has 0 aliphatic carbocycles. The van der Waals surface area contributed by atoms with Gasteiger partial charge in [0.2, 0.25) is 17.7 Å². The van der Waals surface area contributed by atoms with Gasteiger partial charge in [-0.05, 0) is 67.9 Å². The van der Waals surface area contributed by atoms with E-state index in [1.807, 2.05) is 6.07 Å². The highest BCUT2D eigenvalue weighted by Crippen LogP contribution is 2.54. The van der Waals surface area contributed by atoms with E-state index < -0.39 is 45.6 Å². The molecule has 3 amide bonds. The number of thiazole rings is 1. The van der Waals surface area contributed by atoms with E-state index in [2.05, 4.69) is 5.32 Å². The van der Waals surface area contributed by atoms with Crippen molar-refractivity contribution >= 4 is 58.2 Å². The fourth-order valence-corrected chi connectivity index (χ4v) is 8.46. The number of phenolic OH excluding ortho intramolecular Hbond substituents is 1. The maximum absolute atomic E-state index is 14.2. The predicted octanol–water partition coefficient (Wildman–Crippen LogP) is 4.63. The van der Waals surface area contributed by atoms with Crippen LogP contribution in [-0.4, -0.2) is 51.8 Å². The zero-order valence-electron chi connectivity index (χ0n) is 24.8. The first-order valence-corrected chi connectivity index (χ1v) is 16.3. The van der Waals surface area contributed by atoms with Gasteiger partial charge in [-0.1, -0.05) is 47.4 Å². The van der Waals surface area contributed by atoms with E-state index in [1.54, 1.807) is 50.2 Å². The lowest BCUT2D eigenvalue weighted by molar-refractivity contribution is -0.122. The number of hydrogen-bond acceptors (Lipinski definition) is 10. The van der Waals surface area contributed by atoms with Crippen LogP contribution in [0.2, 0.25) is 0 Å². The summed E-state index contributed by atoms with van der Waals surface area (Å²) in [4.78, 5) is 68.1. The van der Waals surface area contributed by atoms with E-state index in [0.717, 1.165) is 28.0 Å². The number of carbonyl (C=O) groups excluding carboxylic acids is 4. The number of hydrogen-bond donors (Lipinski definition) is 2. The second-order valence-electron chi connectivity index (χ2n) is 10.5. The number of amides is 3. The molecule has 0 bridgehead atoms. The number of esters is 1. The van der Waals surface area contributed by atoms with Crippen LogP contribution in [0.15, 0.2) is 82.6 Å². The van der Waals surface area contributed by atoms with Crippen LogP contribution >= 0.6 is 23.1 Å². The second-order valence-corrected chi connectivity index (χ2v) is 12.6. The maximum Gasteiger partial charge on any atom is 0.338 e. The summed E-state index contributed by atoms with van der Waals surface area (Å²) >= 11 is 2.01. The number of imide groups is 1. The Morgan fingerprint density at radius 1 is 0.935 bits per heavy atom. The molecule has 1 fully saturated rings. The summed E-state index contributed by atoms with van der Waals surface area (Å²) in [5, 5.41) is 12.7. The van der Waals surface area contributed by atoms with Crippen LogP contribution < -0.4 is 19.8 Å². The number of ether oxygens (including phenoxy) is 2. The lowest BCUT2D eigenvalue weighted by Gasteiger charge is -2.31. The number of para-hydroxylation sites is 1. The van der Waals surface area contributed by atoms with Gasteiger partial charge in [-0.15, -0.1) is 0 Å². The Labute approximate surface area is 271 Å². The zero-order chi connectivity index (χ0) is 32.5. The van der Waals surface area contributed by atoms with Crippen molar-refractivity contribution in [3.8, 4) is 11.5 Å². The monoisotopic (exact) mass is 659 g/mol. The van der Waals surface area contributed by atoms with Crippen molar-refractivity contribution in [2.75, 3.05) is 23.4 Å². The summed E-state index contributed by atoms with van der Waals surface area (Å²) in [7, 11) is 0. The summed E-state index contributed by atoms with van der Waals surface area (Å²) < 4.78 is 12.0. The van der Waals surface area contributed by atoms with E-state index in [-0.39, 0.29) is 36.8 Å². The van der Waals surface area contributed by atoms with Crippen LogP contribution in [0.3, 0.4) is 0 Å². The number of aromatic nitrogens is 1.